The molecule has 0 unspecified atom stereocenters. The zero-order valence-corrected chi connectivity index (χ0v) is 9.24. The fourth-order valence-corrected chi connectivity index (χ4v) is 1.28. The first-order valence-corrected chi connectivity index (χ1v) is 4.92. The Balaban J connectivity index is 0.000000531. The van der Waals surface area contributed by atoms with Crippen LogP contribution in [0.1, 0.15) is 19.4 Å². The first kappa shape index (κ1) is 11.7. The molecule has 0 fully saturated rings. The molecule has 1 N–H and O–H groups in total. The quantitative estimate of drug-likeness (QED) is 0.813. The monoisotopic (exact) mass is 212 g/mol. The van der Waals surface area contributed by atoms with E-state index in [2.05, 4.69) is 0 Å². The summed E-state index contributed by atoms with van der Waals surface area (Å²) in [6.45, 7) is 4.17. The molecule has 0 atom stereocenters. The van der Waals surface area contributed by atoms with Crippen LogP contribution in [0, 0.1) is 0 Å². The van der Waals surface area contributed by atoms with E-state index in [1.807, 2.05) is 13.8 Å². The van der Waals surface area contributed by atoms with Crippen molar-refractivity contribution in [3.63, 3.8) is 0 Å². The van der Waals surface area contributed by atoms with Crippen molar-refractivity contribution in [3.05, 3.63) is 17.7 Å². The molecule has 0 bridgehead atoms. The lowest BCUT2D eigenvalue weighted by atomic mass is 10.2. The van der Waals surface area contributed by atoms with E-state index in [1.165, 1.54) is 0 Å². The highest BCUT2D eigenvalue weighted by Crippen LogP contribution is 2.41. The maximum absolute atomic E-state index is 8.94. The van der Waals surface area contributed by atoms with Gasteiger partial charge in [0.15, 0.2) is 11.5 Å². The Labute approximate surface area is 89.4 Å². The van der Waals surface area contributed by atoms with Crippen LogP contribution < -0.4 is 14.2 Å². The third-order valence-corrected chi connectivity index (χ3v) is 1.90. The number of rotatable bonds is 2. The summed E-state index contributed by atoms with van der Waals surface area (Å²) < 4.78 is 15.4. The first-order chi connectivity index (χ1) is 7.35. The standard InChI is InChI=1S/C9H10O4.C2H6/c1-11-7-2-6(4-10)3-8-9(7)13-5-12-8;1-2/h2-3,10H,4-5H2,1H3;1-2H3. The normalized spacial score (nSPS) is 11.7. The molecular formula is C11H16O4. The molecule has 0 amide bonds. The number of hydrogen-bond donors (Lipinski definition) is 1. The zero-order chi connectivity index (χ0) is 11.3. The van der Waals surface area contributed by atoms with E-state index in [1.54, 1.807) is 19.2 Å². The molecular weight excluding hydrogens is 196 g/mol. The summed E-state index contributed by atoms with van der Waals surface area (Å²) in [4.78, 5) is 0. The predicted molar refractivity (Wildman–Crippen MR) is 56.4 cm³/mol. The summed E-state index contributed by atoms with van der Waals surface area (Å²) in [5, 5.41) is 8.94. The highest BCUT2D eigenvalue weighted by molar-refractivity contribution is 5.54. The van der Waals surface area contributed by atoms with Gasteiger partial charge in [-0.25, -0.2) is 0 Å². The van der Waals surface area contributed by atoms with Crippen molar-refractivity contribution in [3.8, 4) is 17.2 Å². The Morgan fingerprint density at radius 1 is 1.33 bits per heavy atom. The Morgan fingerprint density at radius 2 is 2.07 bits per heavy atom. The molecule has 1 aliphatic heterocycles. The van der Waals surface area contributed by atoms with E-state index in [4.69, 9.17) is 19.3 Å². The lowest BCUT2D eigenvalue weighted by molar-refractivity contribution is 0.171. The van der Waals surface area contributed by atoms with E-state index < -0.39 is 0 Å². The zero-order valence-electron chi connectivity index (χ0n) is 9.24. The SMILES string of the molecule is CC.COc1cc(CO)cc2c1OCO2. The second kappa shape index (κ2) is 5.46. The van der Waals surface area contributed by atoms with Crippen LogP contribution in [-0.4, -0.2) is 19.0 Å². The number of ether oxygens (including phenoxy) is 3. The molecule has 1 aliphatic rings. The third kappa shape index (κ3) is 2.33. The highest BCUT2D eigenvalue weighted by Gasteiger charge is 2.19. The summed E-state index contributed by atoms with van der Waals surface area (Å²) in [6, 6.07) is 3.47. The fraction of sp³-hybridized carbons (Fsp3) is 0.455. The Kier molecular flexibility index (Phi) is 4.24. The van der Waals surface area contributed by atoms with Crippen LogP contribution in [0.25, 0.3) is 0 Å². The van der Waals surface area contributed by atoms with Crippen LogP contribution in [0.5, 0.6) is 17.2 Å². The molecule has 0 saturated carbocycles. The van der Waals surface area contributed by atoms with Gasteiger partial charge in [-0.1, -0.05) is 13.8 Å². The van der Waals surface area contributed by atoms with Gasteiger partial charge in [0.2, 0.25) is 12.5 Å². The van der Waals surface area contributed by atoms with Crippen molar-refractivity contribution < 1.29 is 19.3 Å². The van der Waals surface area contributed by atoms with Gasteiger partial charge >= 0.3 is 0 Å². The van der Waals surface area contributed by atoms with Crippen LogP contribution in [0.15, 0.2) is 12.1 Å². The fourth-order valence-electron chi connectivity index (χ4n) is 1.28. The second-order valence-corrected chi connectivity index (χ2v) is 2.69. The van der Waals surface area contributed by atoms with Gasteiger partial charge in [0.25, 0.3) is 0 Å². The molecule has 0 aromatic heterocycles. The summed E-state index contributed by atoms with van der Waals surface area (Å²) in [6.07, 6.45) is 0. The van der Waals surface area contributed by atoms with Gasteiger partial charge in [0.05, 0.1) is 13.7 Å². The Hall–Kier alpha value is -1.42. The molecule has 1 aromatic carbocycles. The molecule has 84 valence electrons. The van der Waals surface area contributed by atoms with E-state index in [9.17, 15) is 0 Å². The van der Waals surface area contributed by atoms with Gasteiger partial charge in [0, 0.05) is 0 Å². The van der Waals surface area contributed by atoms with E-state index in [0.717, 1.165) is 5.56 Å². The molecule has 0 spiro atoms. The van der Waals surface area contributed by atoms with Crippen LogP contribution >= 0.6 is 0 Å². The minimum Gasteiger partial charge on any atom is -0.493 e. The van der Waals surface area contributed by atoms with Crippen LogP contribution in [0.2, 0.25) is 0 Å². The number of aliphatic hydroxyl groups excluding tert-OH is 1. The van der Waals surface area contributed by atoms with Gasteiger partial charge in [-0.3, -0.25) is 0 Å². The van der Waals surface area contributed by atoms with Gasteiger partial charge in [-0.15, -0.1) is 0 Å². The molecule has 4 heteroatoms. The van der Waals surface area contributed by atoms with E-state index >= 15 is 0 Å². The minimum absolute atomic E-state index is 0.0347. The summed E-state index contributed by atoms with van der Waals surface area (Å²) in [5.41, 5.74) is 0.751. The number of aliphatic hydroxyl groups is 1. The van der Waals surface area contributed by atoms with Crippen LogP contribution in [0.4, 0.5) is 0 Å². The molecule has 1 aromatic rings. The Morgan fingerprint density at radius 3 is 2.67 bits per heavy atom. The van der Waals surface area contributed by atoms with Crippen LogP contribution in [-0.2, 0) is 6.61 Å². The van der Waals surface area contributed by atoms with Crippen molar-refractivity contribution in [2.24, 2.45) is 0 Å². The molecule has 2 rings (SSSR count). The van der Waals surface area contributed by atoms with Crippen molar-refractivity contribution in [1.29, 1.82) is 0 Å². The largest absolute Gasteiger partial charge is 0.493 e. The smallest absolute Gasteiger partial charge is 0.231 e. The van der Waals surface area contributed by atoms with E-state index in [0.29, 0.717) is 17.2 Å². The summed E-state index contributed by atoms with van der Waals surface area (Å²) in [5.74, 6) is 1.84. The highest BCUT2D eigenvalue weighted by atomic mass is 16.7. The molecule has 15 heavy (non-hydrogen) atoms. The molecule has 1 heterocycles. The van der Waals surface area contributed by atoms with Gasteiger partial charge < -0.3 is 19.3 Å². The van der Waals surface area contributed by atoms with Crippen molar-refractivity contribution in [2.45, 2.75) is 20.5 Å². The molecule has 0 aliphatic carbocycles. The number of fused-ring (bicyclic) bond motifs is 1. The van der Waals surface area contributed by atoms with Gasteiger partial charge in [0.1, 0.15) is 0 Å². The first-order valence-electron chi connectivity index (χ1n) is 4.92. The van der Waals surface area contributed by atoms with Crippen molar-refractivity contribution >= 4 is 0 Å². The minimum atomic E-state index is -0.0347. The lowest BCUT2D eigenvalue weighted by Crippen LogP contribution is -1.93. The molecule has 4 nitrogen and oxygen atoms in total. The number of hydrogen-bond acceptors (Lipinski definition) is 4. The summed E-state index contributed by atoms with van der Waals surface area (Å²) in [7, 11) is 1.55. The van der Waals surface area contributed by atoms with E-state index in [-0.39, 0.29) is 13.4 Å². The Bertz CT molecular complexity index is 323. The number of benzene rings is 1. The lowest BCUT2D eigenvalue weighted by Gasteiger charge is -2.05. The van der Waals surface area contributed by atoms with Crippen LogP contribution in [0.3, 0.4) is 0 Å². The average Bonchev–Trinajstić information content (AvgIpc) is 2.78. The second-order valence-electron chi connectivity index (χ2n) is 2.69. The average molecular weight is 212 g/mol. The number of methoxy groups -OCH3 is 1. The van der Waals surface area contributed by atoms with Gasteiger partial charge in [-0.05, 0) is 17.7 Å². The van der Waals surface area contributed by atoms with Crippen molar-refractivity contribution in [2.75, 3.05) is 13.9 Å². The predicted octanol–water partition coefficient (Wildman–Crippen LogP) is 1.94. The molecule has 0 radical (unpaired) electrons. The third-order valence-electron chi connectivity index (χ3n) is 1.90. The summed E-state index contributed by atoms with van der Waals surface area (Å²) >= 11 is 0. The molecule has 0 saturated heterocycles. The van der Waals surface area contributed by atoms with Gasteiger partial charge in [-0.2, -0.15) is 0 Å². The topological polar surface area (TPSA) is 47.9 Å². The van der Waals surface area contributed by atoms with Crippen molar-refractivity contribution in [1.82, 2.24) is 0 Å². The maximum Gasteiger partial charge on any atom is 0.231 e. The maximum atomic E-state index is 8.94.